The van der Waals surface area contributed by atoms with E-state index in [0.29, 0.717) is 5.69 Å². The summed E-state index contributed by atoms with van der Waals surface area (Å²) >= 11 is 0. The molecule has 0 aliphatic carbocycles. The van der Waals surface area contributed by atoms with Crippen LogP contribution in [0.3, 0.4) is 0 Å². The van der Waals surface area contributed by atoms with E-state index in [9.17, 15) is 9.59 Å². The van der Waals surface area contributed by atoms with Gasteiger partial charge in [-0.3, -0.25) is 14.6 Å². The van der Waals surface area contributed by atoms with Crippen molar-refractivity contribution in [3.05, 3.63) is 54.5 Å². The molecular formula is C19H18N4O3. The van der Waals surface area contributed by atoms with E-state index in [0.717, 1.165) is 29.5 Å². The number of carbonyl (C=O) groups excluding carboxylic acids is 2. The van der Waals surface area contributed by atoms with Crippen LogP contribution in [0.15, 0.2) is 48.9 Å². The maximum atomic E-state index is 12.1. The van der Waals surface area contributed by atoms with Crippen LogP contribution < -0.4 is 15.4 Å². The van der Waals surface area contributed by atoms with Crippen molar-refractivity contribution in [1.82, 2.24) is 15.3 Å². The summed E-state index contributed by atoms with van der Waals surface area (Å²) in [5.41, 5.74) is 2.53. The van der Waals surface area contributed by atoms with E-state index in [1.165, 1.54) is 5.56 Å². The van der Waals surface area contributed by atoms with Crippen molar-refractivity contribution in [3.63, 3.8) is 0 Å². The van der Waals surface area contributed by atoms with E-state index in [1.807, 2.05) is 24.3 Å². The number of aromatic amines is 1. The molecule has 1 aliphatic heterocycles. The van der Waals surface area contributed by atoms with Crippen LogP contribution >= 0.6 is 0 Å². The Kier molecular flexibility index (Phi) is 4.27. The molecule has 1 atom stereocenters. The summed E-state index contributed by atoms with van der Waals surface area (Å²) < 4.78 is 5.87. The minimum atomic E-state index is -0.717. The molecule has 1 aliphatic rings. The van der Waals surface area contributed by atoms with E-state index >= 15 is 0 Å². The van der Waals surface area contributed by atoms with E-state index in [1.54, 1.807) is 24.7 Å². The SMILES string of the molecule is O=C(NCC1CCc2ccccc2O1)C(=O)Nc1c[nH]c2ccncc12. The molecule has 1 unspecified atom stereocenters. The Balaban J connectivity index is 1.33. The number of anilines is 1. The van der Waals surface area contributed by atoms with Gasteiger partial charge < -0.3 is 20.4 Å². The van der Waals surface area contributed by atoms with Crippen LogP contribution in [0, 0.1) is 0 Å². The number of carbonyl (C=O) groups is 2. The molecule has 0 saturated heterocycles. The van der Waals surface area contributed by atoms with Crippen LogP contribution in [0.25, 0.3) is 10.9 Å². The molecule has 3 N–H and O–H groups in total. The fourth-order valence-corrected chi connectivity index (χ4v) is 3.06. The Bertz CT molecular complexity index is 966. The van der Waals surface area contributed by atoms with E-state index in [-0.39, 0.29) is 12.6 Å². The third-order valence-electron chi connectivity index (χ3n) is 4.43. The van der Waals surface area contributed by atoms with Gasteiger partial charge in [0.2, 0.25) is 0 Å². The van der Waals surface area contributed by atoms with Crippen LogP contribution in [0.4, 0.5) is 5.69 Å². The van der Waals surface area contributed by atoms with Gasteiger partial charge in [0, 0.05) is 24.0 Å². The summed E-state index contributed by atoms with van der Waals surface area (Å²) in [4.78, 5) is 31.3. The average Bonchev–Trinajstić information content (AvgIpc) is 3.09. The third-order valence-corrected chi connectivity index (χ3v) is 4.43. The van der Waals surface area contributed by atoms with E-state index in [2.05, 4.69) is 20.6 Å². The van der Waals surface area contributed by atoms with Gasteiger partial charge in [-0.15, -0.1) is 0 Å². The lowest BCUT2D eigenvalue weighted by atomic mass is 10.0. The zero-order chi connectivity index (χ0) is 17.9. The number of H-pyrrole nitrogens is 1. The van der Waals surface area contributed by atoms with Crippen LogP contribution in [0.1, 0.15) is 12.0 Å². The average molecular weight is 350 g/mol. The van der Waals surface area contributed by atoms with Crippen molar-refractivity contribution in [2.45, 2.75) is 18.9 Å². The Morgan fingerprint density at radius 3 is 3.04 bits per heavy atom. The predicted molar refractivity (Wildman–Crippen MR) is 96.9 cm³/mol. The number of amides is 2. The van der Waals surface area contributed by atoms with Crippen molar-refractivity contribution >= 4 is 28.4 Å². The fraction of sp³-hybridized carbons (Fsp3) is 0.211. The molecule has 7 nitrogen and oxygen atoms in total. The molecule has 0 bridgehead atoms. The first kappa shape index (κ1) is 16.1. The smallest absolute Gasteiger partial charge is 0.313 e. The number of aryl methyl sites for hydroxylation is 1. The largest absolute Gasteiger partial charge is 0.488 e. The monoisotopic (exact) mass is 350 g/mol. The Labute approximate surface area is 149 Å². The molecule has 0 spiro atoms. The first-order valence-electron chi connectivity index (χ1n) is 8.45. The summed E-state index contributed by atoms with van der Waals surface area (Å²) in [5.74, 6) is -0.564. The standard InChI is InChI=1S/C19H18N4O3/c24-18(19(25)23-16-11-21-15-7-8-20-10-14(15)16)22-9-13-6-5-12-3-1-2-4-17(12)26-13/h1-4,7-8,10-11,13,21H,5-6,9H2,(H,22,24)(H,23,25). The molecule has 4 rings (SSSR count). The molecule has 2 aromatic heterocycles. The molecule has 0 saturated carbocycles. The fourth-order valence-electron chi connectivity index (χ4n) is 3.06. The number of ether oxygens (including phenoxy) is 1. The highest BCUT2D eigenvalue weighted by atomic mass is 16.5. The lowest BCUT2D eigenvalue weighted by Gasteiger charge is -2.26. The third kappa shape index (κ3) is 3.23. The molecule has 2 amide bonds. The number of benzene rings is 1. The maximum absolute atomic E-state index is 12.1. The number of fused-ring (bicyclic) bond motifs is 2. The zero-order valence-electron chi connectivity index (χ0n) is 14.0. The van der Waals surface area contributed by atoms with Gasteiger partial charge in [-0.1, -0.05) is 18.2 Å². The van der Waals surface area contributed by atoms with Crippen LogP contribution in [0.5, 0.6) is 5.75 Å². The number of hydrogen-bond donors (Lipinski definition) is 3. The Hall–Kier alpha value is -3.35. The Morgan fingerprint density at radius 1 is 1.23 bits per heavy atom. The number of pyridine rings is 1. The van der Waals surface area contributed by atoms with Gasteiger partial charge in [-0.25, -0.2) is 0 Å². The minimum absolute atomic E-state index is 0.140. The topological polar surface area (TPSA) is 96.1 Å². The van der Waals surface area contributed by atoms with Gasteiger partial charge in [-0.2, -0.15) is 0 Å². The van der Waals surface area contributed by atoms with Crippen molar-refractivity contribution in [3.8, 4) is 5.75 Å². The number of nitrogens with zero attached hydrogens (tertiary/aromatic N) is 1. The molecule has 0 fully saturated rings. The second-order valence-corrected chi connectivity index (χ2v) is 6.17. The van der Waals surface area contributed by atoms with Crippen molar-refractivity contribution in [2.75, 3.05) is 11.9 Å². The lowest BCUT2D eigenvalue weighted by molar-refractivity contribution is -0.136. The number of aromatic nitrogens is 2. The lowest BCUT2D eigenvalue weighted by Crippen LogP contribution is -2.42. The molecule has 7 heteroatoms. The summed E-state index contributed by atoms with van der Waals surface area (Å²) in [6.45, 7) is 0.288. The first-order chi connectivity index (χ1) is 12.7. The molecule has 3 heterocycles. The number of hydrogen-bond acceptors (Lipinski definition) is 4. The molecule has 26 heavy (non-hydrogen) atoms. The van der Waals surface area contributed by atoms with E-state index < -0.39 is 11.8 Å². The number of para-hydroxylation sites is 1. The van der Waals surface area contributed by atoms with Gasteiger partial charge >= 0.3 is 11.8 Å². The molecule has 1 aromatic carbocycles. The summed E-state index contributed by atoms with van der Waals surface area (Å²) in [6.07, 6.45) is 6.47. The highest BCUT2D eigenvalue weighted by Crippen LogP contribution is 2.26. The highest BCUT2D eigenvalue weighted by molar-refractivity contribution is 6.40. The number of rotatable bonds is 3. The van der Waals surface area contributed by atoms with Crippen LogP contribution in [0.2, 0.25) is 0 Å². The second-order valence-electron chi connectivity index (χ2n) is 6.17. The molecule has 0 radical (unpaired) electrons. The van der Waals surface area contributed by atoms with Crippen LogP contribution in [-0.4, -0.2) is 34.4 Å². The molecule has 132 valence electrons. The number of nitrogens with one attached hydrogen (secondary N) is 3. The minimum Gasteiger partial charge on any atom is -0.488 e. The van der Waals surface area contributed by atoms with Gasteiger partial charge in [0.05, 0.1) is 17.7 Å². The van der Waals surface area contributed by atoms with Gasteiger partial charge in [0.1, 0.15) is 11.9 Å². The second kappa shape index (κ2) is 6.87. The molecule has 3 aromatic rings. The Morgan fingerprint density at radius 2 is 2.12 bits per heavy atom. The highest BCUT2D eigenvalue weighted by Gasteiger charge is 2.22. The van der Waals surface area contributed by atoms with E-state index in [4.69, 9.17) is 4.74 Å². The normalized spacial score (nSPS) is 15.8. The van der Waals surface area contributed by atoms with Gasteiger partial charge in [0.15, 0.2) is 0 Å². The van der Waals surface area contributed by atoms with Gasteiger partial charge in [0.25, 0.3) is 0 Å². The van der Waals surface area contributed by atoms with Gasteiger partial charge in [-0.05, 0) is 30.5 Å². The van der Waals surface area contributed by atoms with Crippen molar-refractivity contribution in [1.29, 1.82) is 0 Å². The predicted octanol–water partition coefficient (Wildman–Crippen LogP) is 2.01. The van der Waals surface area contributed by atoms with Crippen LogP contribution in [-0.2, 0) is 16.0 Å². The summed E-state index contributed by atoms with van der Waals surface area (Å²) in [5, 5.41) is 6.00. The quantitative estimate of drug-likeness (QED) is 0.630. The molecular weight excluding hydrogens is 332 g/mol. The maximum Gasteiger partial charge on any atom is 0.313 e. The summed E-state index contributed by atoms with van der Waals surface area (Å²) in [6, 6.07) is 9.65. The zero-order valence-corrected chi connectivity index (χ0v) is 14.0. The first-order valence-corrected chi connectivity index (χ1v) is 8.45. The van der Waals surface area contributed by atoms with Crippen molar-refractivity contribution in [2.24, 2.45) is 0 Å². The van der Waals surface area contributed by atoms with Crippen molar-refractivity contribution < 1.29 is 14.3 Å². The summed E-state index contributed by atoms with van der Waals surface area (Å²) in [7, 11) is 0.